The first-order valence-corrected chi connectivity index (χ1v) is 7.08. The van der Waals surface area contributed by atoms with Crippen molar-refractivity contribution in [2.24, 2.45) is 23.7 Å². The van der Waals surface area contributed by atoms with E-state index in [1.165, 1.54) is 12.8 Å². The van der Waals surface area contributed by atoms with Gasteiger partial charge in [0.2, 0.25) is 0 Å². The standard InChI is InChI=1S/C12H18O2.C2H6/c1-5-6(2)12-10-8-4-3-7(13-8)9(10)11(5)14-12;1-2/h5-12H,3-4H2,1-2H3;1-2H3. The van der Waals surface area contributed by atoms with E-state index in [9.17, 15) is 0 Å². The molecule has 0 spiro atoms. The molecule has 8 atom stereocenters. The molecular formula is C14H24O2. The maximum absolute atomic E-state index is 6.16. The van der Waals surface area contributed by atoms with Gasteiger partial charge < -0.3 is 9.47 Å². The van der Waals surface area contributed by atoms with Gasteiger partial charge in [0.1, 0.15) is 0 Å². The van der Waals surface area contributed by atoms with Crippen LogP contribution in [0.2, 0.25) is 0 Å². The zero-order chi connectivity index (χ0) is 11.4. The van der Waals surface area contributed by atoms with E-state index in [-0.39, 0.29) is 0 Å². The molecule has 0 aromatic rings. The van der Waals surface area contributed by atoms with Gasteiger partial charge in [0, 0.05) is 11.8 Å². The van der Waals surface area contributed by atoms with Crippen LogP contribution in [0.4, 0.5) is 0 Å². The van der Waals surface area contributed by atoms with Crippen LogP contribution in [0.1, 0.15) is 40.5 Å². The van der Waals surface area contributed by atoms with E-state index in [0.717, 1.165) is 23.7 Å². The molecule has 4 saturated heterocycles. The molecule has 4 bridgehead atoms. The van der Waals surface area contributed by atoms with Crippen LogP contribution in [0.3, 0.4) is 0 Å². The van der Waals surface area contributed by atoms with Gasteiger partial charge in [-0.25, -0.2) is 0 Å². The highest BCUT2D eigenvalue weighted by atomic mass is 16.5. The zero-order valence-electron chi connectivity index (χ0n) is 10.8. The first-order chi connectivity index (χ1) is 7.77. The summed E-state index contributed by atoms with van der Waals surface area (Å²) in [6.07, 6.45) is 4.73. The number of ether oxygens (including phenoxy) is 2. The maximum atomic E-state index is 6.16. The Hall–Kier alpha value is -0.0800. The molecule has 0 radical (unpaired) electrons. The minimum atomic E-state index is 0.523. The third-order valence-corrected chi connectivity index (χ3v) is 5.33. The second kappa shape index (κ2) is 3.71. The van der Waals surface area contributed by atoms with Crippen LogP contribution in [-0.4, -0.2) is 24.4 Å². The molecule has 0 amide bonds. The lowest BCUT2D eigenvalue weighted by atomic mass is 9.64. The molecule has 92 valence electrons. The molecule has 0 aliphatic carbocycles. The van der Waals surface area contributed by atoms with Gasteiger partial charge in [-0.15, -0.1) is 0 Å². The Balaban J connectivity index is 0.000000386. The number of rotatable bonds is 0. The summed E-state index contributed by atoms with van der Waals surface area (Å²) in [5, 5.41) is 0. The Morgan fingerprint density at radius 3 is 1.62 bits per heavy atom. The molecule has 0 aromatic carbocycles. The van der Waals surface area contributed by atoms with Crippen molar-refractivity contribution in [2.45, 2.75) is 65.0 Å². The topological polar surface area (TPSA) is 18.5 Å². The van der Waals surface area contributed by atoms with Crippen molar-refractivity contribution in [1.82, 2.24) is 0 Å². The average Bonchev–Trinajstić information content (AvgIpc) is 3.03. The molecule has 4 rings (SSSR count). The van der Waals surface area contributed by atoms with Crippen LogP contribution in [-0.2, 0) is 9.47 Å². The lowest BCUT2D eigenvalue weighted by molar-refractivity contribution is -0.0000696. The largest absolute Gasteiger partial charge is 0.374 e. The molecule has 16 heavy (non-hydrogen) atoms. The number of hydrogen-bond acceptors (Lipinski definition) is 2. The highest BCUT2D eigenvalue weighted by molar-refractivity contribution is 5.12. The van der Waals surface area contributed by atoms with Crippen LogP contribution in [0.25, 0.3) is 0 Å². The quantitative estimate of drug-likeness (QED) is 0.630. The molecule has 4 heterocycles. The predicted octanol–water partition coefficient (Wildman–Crippen LogP) is 2.86. The van der Waals surface area contributed by atoms with Crippen LogP contribution in [0, 0.1) is 23.7 Å². The minimum absolute atomic E-state index is 0.523. The number of hydrogen-bond donors (Lipinski definition) is 0. The van der Waals surface area contributed by atoms with Crippen LogP contribution in [0.15, 0.2) is 0 Å². The first-order valence-electron chi connectivity index (χ1n) is 7.08. The van der Waals surface area contributed by atoms with Gasteiger partial charge in [0.25, 0.3) is 0 Å². The van der Waals surface area contributed by atoms with Gasteiger partial charge in [0.05, 0.1) is 24.4 Å². The normalized spacial score (nSPS) is 60.8. The fraction of sp³-hybridized carbons (Fsp3) is 1.00. The Kier molecular flexibility index (Phi) is 2.56. The van der Waals surface area contributed by atoms with E-state index in [1.807, 2.05) is 13.8 Å². The van der Waals surface area contributed by atoms with Gasteiger partial charge in [-0.1, -0.05) is 27.7 Å². The second-order valence-corrected chi connectivity index (χ2v) is 5.73. The SMILES string of the molecule is CC.CC1C(C)C2OC1C1C3CCC(O3)C21. The van der Waals surface area contributed by atoms with Crippen molar-refractivity contribution >= 4 is 0 Å². The molecule has 0 aromatic heterocycles. The molecule has 4 aliphatic heterocycles. The monoisotopic (exact) mass is 224 g/mol. The molecule has 4 aliphatic rings. The van der Waals surface area contributed by atoms with Crippen LogP contribution >= 0.6 is 0 Å². The van der Waals surface area contributed by atoms with Crippen molar-refractivity contribution in [3.8, 4) is 0 Å². The van der Waals surface area contributed by atoms with Crippen molar-refractivity contribution in [3.05, 3.63) is 0 Å². The molecule has 2 heteroatoms. The summed E-state index contributed by atoms with van der Waals surface area (Å²) in [7, 11) is 0. The van der Waals surface area contributed by atoms with Gasteiger partial charge in [0.15, 0.2) is 0 Å². The highest BCUT2D eigenvalue weighted by Crippen LogP contribution is 2.60. The molecular weight excluding hydrogens is 200 g/mol. The summed E-state index contributed by atoms with van der Waals surface area (Å²) < 4.78 is 12.2. The Morgan fingerprint density at radius 2 is 1.19 bits per heavy atom. The van der Waals surface area contributed by atoms with E-state index >= 15 is 0 Å². The fourth-order valence-corrected chi connectivity index (χ4v) is 4.52. The minimum Gasteiger partial charge on any atom is -0.374 e. The van der Waals surface area contributed by atoms with E-state index in [1.54, 1.807) is 0 Å². The van der Waals surface area contributed by atoms with Crippen molar-refractivity contribution in [1.29, 1.82) is 0 Å². The average molecular weight is 224 g/mol. The van der Waals surface area contributed by atoms with Gasteiger partial charge in [-0.3, -0.25) is 0 Å². The van der Waals surface area contributed by atoms with Crippen molar-refractivity contribution in [3.63, 3.8) is 0 Å². The second-order valence-electron chi connectivity index (χ2n) is 5.73. The summed E-state index contributed by atoms with van der Waals surface area (Å²) in [6, 6.07) is 0. The third kappa shape index (κ3) is 1.15. The number of fused-ring (bicyclic) bond motifs is 9. The summed E-state index contributed by atoms with van der Waals surface area (Å²) >= 11 is 0. The van der Waals surface area contributed by atoms with Crippen LogP contribution < -0.4 is 0 Å². The highest BCUT2D eigenvalue weighted by Gasteiger charge is 2.66. The Labute approximate surface area is 98.7 Å². The van der Waals surface area contributed by atoms with Gasteiger partial charge in [-0.05, 0) is 24.7 Å². The van der Waals surface area contributed by atoms with E-state index in [0.29, 0.717) is 24.4 Å². The summed E-state index contributed by atoms with van der Waals surface area (Å²) in [5.41, 5.74) is 0. The predicted molar refractivity (Wildman–Crippen MR) is 63.2 cm³/mol. The van der Waals surface area contributed by atoms with E-state index in [4.69, 9.17) is 9.47 Å². The van der Waals surface area contributed by atoms with Crippen molar-refractivity contribution in [2.75, 3.05) is 0 Å². The lowest BCUT2D eigenvalue weighted by Crippen LogP contribution is -2.43. The smallest absolute Gasteiger partial charge is 0.0665 e. The molecule has 2 nitrogen and oxygen atoms in total. The summed E-state index contributed by atoms with van der Waals surface area (Å²) in [4.78, 5) is 0. The van der Waals surface area contributed by atoms with Gasteiger partial charge in [-0.2, -0.15) is 0 Å². The Bertz CT molecular complexity index is 252. The van der Waals surface area contributed by atoms with E-state index in [2.05, 4.69) is 13.8 Å². The summed E-state index contributed by atoms with van der Waals surface area (Å²) in [5.74, 6) is 3.02. The molecule has 0 saturated carbocycles. The van der Waals surface area contributed by atoms with Gasteiger partial charge >= 0.3 is 0 Å². The first kappa shape index (κ1) is 11.0. The molecule has 4 fully saturated rings. The third-order valence-electron chi connectivity index (χ3n) is 5.33. The Morgan fingerprint density at radius 1 is 0.750 bits per heavy atom. The van der Waals surface area contributed by atoms with Crippen molar-refractivity contribution < 1.29 is 9.47 Å². The molecule has 0 N–H and O–H groups in total. The zero-order valence-corrected chi connectivity index (χ0v) is 10.8. The fourth-order valence-electron chi connectivity index (χ4n) is 4.52. The lowest BCUT2D eigenvalue weighted by Gasteiger charge is -2.35. The maximum Gasteiger partial charge on any atom is 0.0665 e. The molecule has 8 unspecified atom stereocenters. The summed E-state index contributed by atoms with van der Waals surface area (Å²) in [6.45, 7) is 8.72. The van der Waals surface area contributed by atoms with E-state index < -0.39 is 0 Å². The van der Waals surface area contributed by atoms with Crippen LogP contribution in [0.5, 0.6) is 0 Å².